The van der Waals surface area contributed by atoms with Gasteiger partial charge < -0.3 is 18.9 Å². The average Bonchev–Trinajstić information content (AvgIpc) is 2.76. The van der Waals surface area contributed by atoms with Gasteiger partial charge in [-0.2, -0.15) is 0 Å². The van der Waals surface area contributed by atoms with Gasteiger partial charge in [0.2, 0.25) is 0 Å². The Labute approximate surface area is 205 Å². The molecule has 6 nitrogen and oxygen atoms in total. The monoisotopic (exact) mass is 492 g/mol. The lowest BCUT2D eigenvalue weighted by atomic mass is 9.78. The molecule has 0 bridgehead atoms. The van der Waals surface area contributed by atoms with E-state index in [1.807, 2.05) is 42.5 Å². The molecular formula is C25H29ClO6S. The largest absolute Gasteiger partial charge is 0.490 e. The first-order valence-electron chi connectivity index (χ1n) is 10.4. The molecule has 0 aliphatic carbocycles. The summed E-state index contributed by atoms with van der Waals surface area (Å²) in [6.07, 6.45) is 1.03. The van der Waals surface area contributed by atoms with Crippen LogP contribution in [-0.2, 0) is 24.5 Å². The van der Waals surface area contributed by atoms with Crippen molar-refractivity contribution in [1.29, 1.82) is 0 Å². The minimum atomic E-state index is -0.683. The van der Waals surface area contributed by atoms with Gasteiger partial charge in [-0.3, -0.25) is 9.59 Å². The maximum absolute atomic E-state index is 11.3. The highest BCUT2D eigenvalue weighted by Gasteiger charge is 2.24. The van der Waals surface area contributed by atoms with Crippen LogP contribution in [0.3, 0.4) is 0 Å². The number of benzene rings is 2. The summed E-state index contributed by atoms with van der Waals surface area (Å²) in [5, 5.41) is 0. The molecule has 1 atom stereocenters. The van der Waals surface area contributed by atoms with Crippen LogP contribution in [0.5, 0.6) is 11.5 Å². The van der Waals surface area contributed by atoms with E-state index >= 15 is 0 Å². The molecule has 178 valence electrons. The van der Waals surface area contributed by atoms with E-state index in [1.54, 1.807) is 6.08 Å². The van der Waals surface area contributed by atoms with E-state index < -0.39 is 18.0 Å². The number of rotatable bonds is 11. The van der Waals surface area contributed by atoms with Crippen molar-refractivity contribution >= 4 is 36.2 Å². The van der Waals surface area contributed by atoms with Crippen LogP contribution in [0.15, 0.2) is 59.0 Å². The van der Waals surface area contributed by atoms with Crippen molar-refractivity contribution in [3.63, 3.8) is 0 Å². The molecule has 0 spiro atoms. The zero-order valence-corrected chi connectivity index (χ0v) is 20.8. The molecule has 33 heavy (non-hydrogen) atoms. The predicted molar refractivity (Wildman–Crippen MR) is 130 cm³/mol. The smallest absolute Gasteiger partial charge is 0.303 e. The fourth-order valence-corrected chi connectivity index (χ4v) is 3.44. The number of ether oxygens (including phenoxy) is 4. The van der Waals surface area contributed by atoms with Crippen LogP contribution in [0.2, 0.25) is 0 Å². The molecule has 0 radical (unpaired) electrons. The molecule has 0 fully saturated rings. The topological polar surface area (TPSA) is 71.1 Å². The van der Waals surface area contributed by atoms with Crippen molar-refractivity contribution in [3.05, 3.63) is 65.2 Å². The summed E-state index contributed by atoms with van der Waals surface area (Å²) in [5.74, 6) is 0.381. The molecular weight excluding hydrogens is 464 g/mol. The fraction of sp³-hybridized carbons (Fsp3) is 0.360. The van der Waals surface area contributed by atoms with E-state index in [0.717, 1.165) is 16.0 Å². The molecule has 8 heteroatoms. The Kier molecular flexibility index (Phi) is 10.1. The predicted octanol–water partition coefficient (Wildman–Crippen LogP) is 5.31. The number of carbonyl (C=O) groups is 2. The van der Waals surface area contributed by atoms with Gasteiger partial charge in [0.05, 0.1) is 0 Å². The number of carbonyl (C=O) groups excluding carboxylic acids is 2. The van der Waals surface area contributed by atoms with E-state index in [-0.39, 0.29) is 18.6 Å². The Morgan fingerprint density at radius 3 is 2.24 bits per heavy atom. The second kappa shape index (κ2) is 12.6. The lowest BCUT2D eigenvalue weighted by Gasteiger charge is -2.27. The summed E-state index contributed by atoms with van der Waals surface area (Å²) in [6, 6.07) is 13.6. The van der Waals surface area contributed by atoms with Crippen LogP contribution in [0.25, 0.3) is 0 Å². The van der Waals surface area contributed by atoms with Gasteiger partial charge in [0.1, 0.15) is 31.3 Å². The van der Waals surface area contributed by atoms with Gasteiger partial charge in [-0.1, -0.05) is 43.6 Å². The van der Waals surface area contributed by atoms with Crippen LogP contribution in [0.1, 0.15) is 38.8 Å². The molecule has 2 aromatic rings. The Bertz CT molecular complexity index is 971. The molecule has 0 heterocycles. The van der Waals surface area contributed by atoms with Crippen molar-refractivity contribution in [3.8, 4) is 11.5 Å². The van der Waals surface area contributed by atoms with Crippen LogP contribution in [0, 0.1) is 0 Å². The lowest BCUT2D eigenvalue weighted by molar-refractivity contribution is -0.158. The second-order valence-electron chi connectivity index (χ2n) is 7.85. The quantitative estimate of drug-likeness (QED) is 0.339. The highest BCUT2D eigenvalue weighted by Crippen LogP contribution is 2.36. The van der Waals surface area contributed by atoms with Crippen LogP contribution in [-0.4, -0.2) is 37.9 Å². The van der Waals surface area contributed by atoms with Gasteiger partial charge in [-0.15, -0.1) is 12.6 Å². The first kappa shape index (κ1) is 26.6. The number of hydrogen-bond donors (Lipinski definition) is 1. The van der Waals surface area contributed by atoms with E-state index in [0.29, 0.717) is 18.1 Å². The molecule has 0 N–H and O–H groups in total. The van der Waals surface area contributed by atoms with Crippen molar-refractivity contribution in [2.75, 3.05) is 19.8 Å². The first-order chi connectivity index (χ1) is 15.6. The molecule has 2 rings (SSSR count). The van der Waals surface area contributed by atoms with Crippen molar-refractivity contribution < 1.29 is 28.5 Å². The zero-order valence-electron chi connectivity index (χ0n) is 19.2. The van der Waals surface area contributed by atoms with E-state index in [9.17, 15) is 9.59 Å². The minimum Gasteiger partial charge on any atom is -0.490 e. The molecule has 0 saturated carbocycles. The maximum atomic E-state index is 11.3. The SMILES string of the molecule is CC(=O)OCC(COc1ccc(C(C)(C)c2ccc(OC/C=C/Cl)c(S)c2)cc1)OC(C)=O. The van der Waals surface area contributed by atoms with Crippen molar-refractivity contribution in [1.82, 2.24) is 0 Å². The highest BCUT2D eigenvalue weighted by atomic mass is 35.5. The standard InChI is InChI=1S/C25H29ClO6S/c1-17(27)30-15-22(32-18(2)28)16-31-21-9-6-19(7-10-21)25(3,4)20-8-11-23(24(33)14-20)29-13-5-12-26/h5-12,14,22,33H,13,15-16H2,1-4H3/b12-5+. The van der Waals surface area contributed by atoms with Crippen molar-refractivity contribution in [2.24, 2.45) is 0 Å². The molecule has 0 amide bonds. The van der Waals surface area contributed by atoms with Crippen LogP contribution < -0.4 is 9.47 Å². The third kappa shape index (κ3) is 8.33. The molecule has 1 unspecified atom stereocenters. The molecule has 0 aromatic heterocycles. The Morgan fingerprint density at radius 1 is 1.00 bits per heavy atom. The summed E-state index contributed by atoms with van der Waals surface area (Å²) >= 11 is 10.1. The van der Waals surface area contributed by atoms with E-state index in [1.165, 1.54) is 19.4 Å². The fourth-order valence-electron chi connectivity index (χ4n) is 3.09. The van der Waals surface area contributed by atoms with Crippen LogP contribution in [0.4, 0.5) is 0 Å². The van der Waals surface area contributed by atoms with Gasteiger partial charge >= 0.3 is 11.9 Å². The summed E-state index contributed by atoms with van der Waals surface area (Å²) in [4.78, 5) is 23.0. The summed E-state index contributed by atoms with van der Waals surface area (Å²) in [7, 11) is 0. The summed E-state index contributed by atoms with van der Waals surface area (Å²) < 4.78 is 21.5. The zero-order chi connectivity index (χ0) is 24.4. The third-order valence-electron chi connectivity index (χ3n) is 4.92. The van der Waals surface area contributed by atoms with Crippen molar-refractivity contribution in [2.45, 2.75) is 44.1 Å². The molecule has 2 aromatic carbocycles. The molecule has 0 saturated heterocycles. The Hall–Kier alpha value is -2.64. The van der Waals surface area contributed by atoms with Gasteiger partial charge in [-0.25, -0.2) is 0 Å². The van der Waals surface area contributed by atoms with Gasteiger partial charge in [0.15, 0.2) is 6.10 Å². The number of thiol groups is 1. The maximum Gasteiger partial charge on any atom is 0.303 e. The normalized spacial score (nSPS) is 12.3. The summed E-state index contributed by atoms with van der Waals surface area (Å²) in [5.41, 5.74) is 3.29. The van der Waals surface area contributed by atoms with Gasteiger partial charge in [-0.05, 0) is 41.5 Å². The Balaban J connectivity index is 2.07. The Morgan fingerprint density at radius 2 is 1.67 bits per heavy atom. The van der Waals surface area contributed by atoms with E-state index in [2.05, 4.69) is 26.5 Å². The third-order valence-corrected chi connectivity index (χ3v) is 5.45. The highest BCUT2D eigenvalue weighted by molar-refractivity contribution is 7.80. The average molecular weight is 493 g/mol. The van der Waals surface area contributed by atoms with E-state index in [4.69, 9.17) is 30.5 Å². The number of esters is 2. The van der Waals surface area contributed by atoms with Gasteiger partial charge in [0, 0.05) is 29.7 Å². The van der Waals surface area contributed by atoms with Crippen LogP contribution >= 0.6 is 24.2 Å². The second-order valence-corrected chi connectivity index (χ2v) is 8.58. The molecule has 0 aliphatic heterocycles. The minimum absolute atomic E-state index is 0.0615. The first-order valence-corrected chi connectivity index (χ1v) is 11.3. The van der Waals surface area contributed by atoms with Gasteiger partial charge in [0.25, 0.3) is 0 Å². The number of hydrogen-bond acceptors (Lipinski definition) is 7. The number of halogens is 1. The molecule has 0 aliphatic rings. The lowest BCUT2D eigenvalue weighted by Crippen LogP contribution is -2.29. The summed E-state index contributed by atoms with van der Waals surface area (Å²) in [6.45, 7) is 7.22.